The number of carbonyl (C=O) groups is 1. The molecule has 0 bridgehead atoms. The second-order valence-electron chi connectivity index (χ2n) is 5.17. The molecule has 2 rings (SSSR count). The van der Waals surface area contributed by atoms with E-state index in [1.54, 1.807) is 23.9 Å². The molecule has 0 spiro atoms. The number of rotatable bonds is 7. The number of nitrogens with zero attached hydrogens (tertiary/aromatic N) is 1. The SMILES string of the molecule is COC(=O)CC1(CSCc2ccc([N+](=O)[O-])cc2)CC1. The van der Waals surface area contributed by atoms with Crippen molar-refractivity contribution >= 4 is 23.4 Å². The van der Waals surface area contributed by atoms with Crippen LogP contribution in [0.4, 0.5) is 5.69 Å². The number of benzene rings is 1. The number of nitro groups is 1. The number of esters is 1. The van der Waals surface area contributed by atoms with Crippen LogP contribution in [0.15, 0.2) is 24.3 Å². The molecule has 0 heterocycles. The Balaban J connectivity index is 1.78. The van der Waals surface area contributed by atoms with Gasteiger partial charge in [-0.3, -0.25) is 14.9 Å². The molecular formula is C14H17NO4S. The summed E-state index contributed by atoms with van der Waals surface area (Å²) in [6, 6.07) is 6.62. The highest BCUT2D eigenvalue weighted by Gasteiger charge is 2.44. The predicted octanol–water partition coefficient (Wildman–Crippen LogP) is 3.17. The van der Waals surface area contributed by atoms with E-state index < -0.39 is 4.92 Å². The predicted molar refractivity (Wildman–Crippen MR) is 77.6 cm³/mol. The largest absolute Gasteiger partial charge is 0.469 e. The van der Waals surface area contributed by atoms with Gasteiger partial charge in [0.1, 0.15) is 0 Å². The molecule has 0 aromatic heterocycles. The number of thioether (sulfide) groups is 1. The van der Waals surface area contributed by atoms with Crippen molar-refractivity contribution in [2.45, 2.75) is 25.0 Å². The van der Waals surface area contributed by atoms with Crippen LogP contribution in [0.3, 0.4) is 0 Å². The number of carbonyl (C=O) groups excluding carboxylic acids is 1. The highest BCUT2D eigenvalue weighted by molar-refractivity contribution is 7.98. The monoisotopic (exact) mass is 295 g/mol. The lowest BCUT2D eigenvalue weighted by atomic mass is 10.1. The van der Waals surface area contributed by atoms with Gasteiger partial charge in [0, 0.05) is 17.9 Å². The van der Waals surface area contributed by atoms with Crippen molar-refractivity contribution in [2.24, 2.45) is 5.41 Å². The van der Waals surface area contributed by atoms with Gasteiger partial charge in [0.2, 0.25) is 0 Å². The molecule has 0 radical (unpaired) electrons. The van der Waals surface area contributed by atoms with Gasteiger partial charge in [-0.2, -0.15) is 11.8 Å². The third-order valence-corrected chi connectivity index (χ3v) is 4.88. The van der Waals surface area contributed by atoms with Crippen LogP contribution in [0.1, 0.15) is 24.8 Å². The van der Waals surface area contributed by atoms with Crippen LogP contribution >= 0.6 is 11.8 Å². The normalized spacial score (nSPS) is 15.7. The van der Waals surface area contributed by atoms with Gasteiger partial charge < -0.3 is 4.74 Å². The Kier molecular flexibility index (Phi) is 4.65. The zero-order valence-electron chi connectivity index (χ0n) is 11.3. The summed E-state index contributed by atoms with van der Waals surface area (Å²) in [5.41, 5.74) is 1.30. The maximum absolute atomic E-state index is 11.3. The van der Waals surface area contributed by atoms with Crippen LogP contribution in [0.25, 0.3) is 0 Å². The van der Waals surface area contributed by atoms with Crippen molar-refractivity contribution in [3.63, 3.8) is 0 Å². The van der Waals surface area contributed by atoms with Gasteiger partial charge in [-0.05, 0) is 29.6 Å². The summed E-state index contributed by atoms with van der Waals surface area (Å²) in [5.74, 6) is 1.60. The third kappa shape index (κ3) is 3.96. The molecule has 108 valence electrons. The van der Waals surface area contributed by atoms with Crippen molar-refractivity contribution in [1.82, 2.24) is 0 Å². The number of methoxy groups -OCH3 is 1. The first kappa shape index (κ1) is 14.8. The van der Waals surface area contributed by atoms with E-state index in [1.807, 2.05) is 0 Å². The maximum Gasteiger partial charge on any atom is 0.306 e. The zero-order valence-corrected chi connectivity index (χ0v) is 12.1. The molecule has 1 aromatic carbocycles. The summed E-state index contributed by atoms with van der Waals surface area (Å²) in [5, 5.41) is 10.6. The second-order valence-corrected chi connectivity index (χ2v) is 6.15. The fourth-order valence-corrected chi connectivity index (χ4v) is 3.38. The minimum Gasteiger partial charge on any atom is -0.469 e. The molecule has 20 heavy (non-hydrogen) atoms. The number of hydrogen-bond donors (Lipinski definition) is 0. The van der Waals surface area contributed by atoms with Crippen LogP contribution in [0, 0.1) is 15.5 Å². The van der Waals surface area contributed by atoms with E-state index in [0.717, 1.165) is 29.9 Å². The van der Waals surface area contributed by atoms with Crippen molar-refractivity contribution in [2.75, 3.05) is 12.9 Å². The molecule has 1 aromatic rings. The Morgan fingerprint density at radius 2 is 2.05 bits per heavy atom. The number of hydrogen-bond acceptors (Lipinski definition) is 5. The highest BCUT2D eigenvalue weighted by Crippen LogP contribution is 2.51. The van der Waals surface area contributed by atoms with Crippen molar-refractivity contribution in [1.29, 1.82) is 0 Å². The minimum absolute atomic E-state index is 0.114. The summed E-state index contributed by atoms with van der Waals surface area (Å²) in [6.07, 6.45) is 2.65. The molecule has 1 fully saturated rings. The Bertz CT molecular complexity index is 496. The van der Waals surface area contributed by atoms with Crippen molar-refractivity contribution < 1.29 is 14.5 Å². The molecule has 1 aliphatic rings. The second kappa shape index (κ2) is 6.26. The topological polar surface area (TPSA) is 69.4 Å². The molecule has 5 nitrogen and oxygen atoms in total. The van der Waals surface area contributed by atoms with Crippen LogP contribution in [0.2, 0.25) is 0 Å². The van der Waals surface area contributed by atoms with E-state index in [2.05, 4.69) is 0 Å². The molecular weight excluding hydrogens is 278 g/mol. The standard InChI is InChI=1S/C14H17NO4S/c1-19-13(16)8-14(6-7-14)10-20-9-11-2-4-12(5-3-11)15(17)18/h2-5H,6-10H2,1H3. The minimum atomic E-state index is -0.396. The summed E-state index contributed by atoms with van der Waals surface area (Å²) < 4.78 is 4.71. The lowest BCUT2D eigenvalue weighted by Crippen LogP contribution is -2.13. The Morgan fingerprint density at radius 1 is 1.40 bits per heavy atom. The summed E-state index contributed by atoms with van der Waals surface area (Å²) in [6.45, 7) is 0. The van der Waals surface area contributed by atoms with Gasteiger partial charge in [0.05, 0.1) is 18.5 Å². The molecule has 1 aliphatic carbocycles. The van der Waals surface area contributed by atoms with Crippen molar-refractivity contribution in [3.8, 4) is 0 Å². The third-order valence-electron chi connectivity index (χ3n) is 3.53. The average molecular weight is 295 g/mol. The molecule has 0 unspecified atom stereocenters. The van der Waals surface area contributed by atoms with E-state index in [1.165, 1.54) is 19.2 Å². The number of nitro benzene ring substituents is 1. The zero-order chi connectivity index (χ0) is 14.6. The molecule has 6 heteroatoms. The van der Waals surface area contributed by atoms with E-state index in [-0.39, 0.29) is 17.1 Å². The first-order chi connectivity index (χ1) is 9.54. The van der Waals surface area contributed by atoms with Crippen molar-refractivity contribution in [3.05, 3.63) is 39.9 Å². The van der Waals surface area contributed by atoms with Gasteiger partial charge >= 0.3 is 5.97 Å². The van der Waals surface area contributed by atoms with Crippen LogP contribution in [-0.2, 0) is 15.3 Å². The van der Waals surface area contributed by atoms with Gasteiger partial charge in [-0.1, -0.05) is 12.1 Å². The average Bonchev–Trinajstić information content (AvgIpc) is 3.19. The fourth-order valence-electron chi connectivity index (χ4n) is 2.03. The molecule has 0 N–H and O–H groups in total. The first-order valence-electron chi connectivity index (χ1n) is 6.43. The Hall–Kier alpha value is -1.56. The first-order valence-corrected chi connectivity index (χ1v) is 7.58. The Labute approximate surface area is 121 Å². The molecule has 0 atom stereocenters. The van der Waals surface area contributed by atoms with Gasteiger partial charge in [0.25, 0.3) is 5.69 Å². The highest BCUT2D eigenvalue weighted by atomic mass is 32.2. The van der Waals surface area contributed by atoms with Gasteiger partial charge in [-0.25, -0.2) is 0 Å². The molecule has 0 amide bonds. The number of non-ortho nitro benzene ring substituents is 1. The quantitative estimate of drug-likeness (QED) is 0.439. The lowest BCUT2D eigenvalue weighted by molar-refractivity contribution is -0.384. The van der Waals surface area contributed by atoms with Crippen LogP contribution in [-0.4, -0.2) is 23.8 Å². The summed E-state index contributed by atoms with van der Waals surface area (Å²) >= 11 is 1.76. The number of ether oxygens (including phenoxy) is 1. The van der Waals surface area contributed by atoms with Crippen LogP contribution in [0.5, 0.6) is 0 Å². The summed E-state index contributed by atoms with van der Waals surface area (Å²) in [7, 11) is 1.42. The maximum atomic E-state index is 11.3. The Morgan fingerprint density at radius 3 is 2.55 bits per heavy atom. The van der Waals surface area contributed by atoms with E-state index >= 15 is 0 Å². The fraction of sp³-hybridized carbons (Fsp3) is 0.500. The molecule has 0 aliphatic heterocycles. The van der Waals surface area contributed by atoms with E-state index in [0.29, 0.717) is 6.42 Å². The van der Waals surface area contributed by atoms with E-state index in [9.17, 15) is 14.9 Å². The summed E-state index contributed by atoms with van der Waals surface area (Å²) in [4.78, 5) is 21.5. The lowest BCUT2D eigenvalue weighted by Gasteiger charge is -2.12. The van der Waals surface area contributed by atoms with E-state index in [4.69, 9.17) is 4.74 Å². The van der Waals surface area contributed by atoms with Gasteiger partial charge in [0.15, 0.2) is 0 Å². The molecule has 1 saturated carbocycles. The van der Waals surface area contributed by atoms with Crippen LogP contribution < -0.4 is 0 Å². The van der Waals surface area contributed by atoms with Gasteiger partial charge in [-0.15, -0.1) is 0 Å². The molecule has 0 saturated heterocycles. The smallest absolute Gasteiger partial charge is 0.306 e.